The van der Waals surface area contributed by atoms with E-state index in [1.807, 2.05) is 59.2 Å². The highest BCUT2D eigenvalue weighted by Crippen LogP contribution is 2.38. The average Bonchev–Trinajstić information content (AvgIpc) is 3.23. The first-order valence-electron chi connectivity index (χ1n) is 12.6. The van der Waals surface area contributed by atoms with Gasteiger partial charge in [-0.3, -0.25) is 19.2 Å². The summed E-state index contributed by atoms with van der Waals surface area (Å²) >= 11 is 1.16. The molecule has 1 saturated heterocycles. The molecule has 11 nitrogen and oxygen atoms in total. The smallest absolute Gasteiger partial charge is 0.303 e. The van der Waals surface area contributed by atoms with Crippen LogP contribution < -0.4 is 0 Å². The summed E-state index contributed by atoms with van der Waals surface area (Å²) in [5, 5.41) is 0.547. The predicted octanol–water partition coefficient (Wildman–Crippen LogP) is 3.26. The van der Waals surface area contributed by atoms with Crippen LogP contribution in [0.15, 0.2) is 59.8 Å². The van der Waals surface area contributed by atoms with Gasteiger partial charge in [-0.25, -0.2) is 4.98 Å². The number of ether oxygens (including phenoxy) is 5. The third-order valence-corrected chi connectivity index (χ3v) is 7.11. The van der Waals surface area contributed by atoms with E-state index in [-0.39, 0.29) is 6.61 Å². The van der Waals surface area contributed by atoms with Crippen LogP contribution in [0, 0.1) is 0 Å². The molecule has 0 bridgehead atoms. The van der Waals surface area contributed by atoms with E-state index < -0.39 is 53.7 Å². The van der Waals surface area contributed by atoms with E-state index in [2.05, 4.69) is 0 Å². The van der Waals surface area contributed by atoms with Crippen LogP contribution in [0.5, 0.6) is 0 Å². The van der Waals surface area contributed by atoms with Crippen molar-refractivity contribution in [2.45, 2.75) is 69.2 Å². The zero-order valence-electron chi connectivity index (χ0n) is 22.5. The van der Waals surface area contributed by atoms with Gasteiger partial charge in [0.25, 0.3) is 0 Å². The van der Waals surface area contributed by atoms with Crippen molar-refractivity contribution >= 4 is 46.7 Å². The van der Waals surface area contributed by atoms with Crippen LogP contribution in [0.25, 0.3) is 11.0 Å². The molecule has 0 saturated carbocycles. The number of carbonyl (C=O) groups is 4. The van der Waals surface area contributed by atoms with E-state index in [4.69, 9.17) is 28.7 Å². The first-order chi connectivity index (χ1) is 19.1. The molecule has 0 radical (unpaired) electrons. The summed E-state index contributed by atoms with van der Waals surface area (Å²) in [7, 11) is 0. The van der Waals surface area contributed by atoms with E-state index in [1.54, 1.807) is 0 Å². The van der Waals surface area contributed by atoms with E-state index >= 15 is 0 Å². The molecule has 1 aromatic heterocycles. The number of aromatic nitrogens is 2. The number of imidazole rings is 1. The number of rotatable bonds is 9. The van der Waals surface area contributed by atoms with Crippen LogP contribution >= 0.6 is 11.8 Å². The molecule has 40 heavy (non-hydrogen) atoms. The van der Waals surface area contributed by atoms with Gasteiger partial charge < -0.3 is 28.3 Å². The number of benzene rings is 2. The minimum Gasteiger partial charge on any atom is -0.463 e. The molecule has 5 atom stereocenters. The average molecular weight is 571 g/mol. The lowest BCUT2D eigenvalue weighted by Crippen LogP contribution is -2.61. The van der Waals surface area contributed by atoms with Crippen LogP contribution in [0.3, 0.4) is 0 Å². The zero-order valence-corrected chi connectivity index (χ0v) is 23.3. The Morgan fingerprint density at radius 1 is 0.800 bits per heavy atom. The van der Waals surface area contributed by atoms with Gasteiger partial charge in [0, 0.05) is 27.7 Å². The van der Waals surface area contributed by atoms with Crippen molar-refractivity contribution in [1.29, 1.82) is 0 Å². The molecule has 0 N–H and O–H groups in total. The van der Waals surface area contributed by atoms with Crippen molar-refractivity contribution in [1.82, 2.24) is 9.55 Å². The lowest BCUT2D eigenvalue weighted by atomic mass is 9.99. The largest absolute Gasteiger partial charge is 0.463 e. The molecule has 12 heteroatoms. The van der Waals surface area contributed by atoms with Gasteiger partial charge in [0.1, 0.15) is 12.7 Å². The van der Waals surface area contributed by atoms with Crippen molar-refractivity contribution < 1.29 is 42.9 Å². The minimum absolute atomic E-state index is 0.296. The van der Waals surface area contributed by atoms with Crippen molar-refractivity contribution in [3.63, 3.8) is 0 Å². The number of esters is 4. The molecule has 1 aliphatic heterocycles. The number of para-hydroxylation sites is 2. The van der Waals surface area contributed by atoms with Crippen molar-refractivity contribution in [3.05, 3.63) is 60.2 Å². The molecule has 0 spiro atoms. The third-order valence-electron chi connectivity index (χ3n) is 5.97. The summed E-state index contributed by atoms with van der Waals surface area (Å²) in [6.07, 6.45) is -4.68. The predicted molar refractivity (Wildman–Crippen MR) is 143 cm³/mol. The molecular formula is C28H30N2O9S. The van der Waals surface area contributed by atoms with Crippen LogP contribution in [0.1, 0.15) is 33.3 Å². The van der Waals surface area contributed by atoms with Gasteiger partial charge in [-0.15, -0.1) is 0 Å². The van der Waals surface area contributed by atoms with Gasteiger partial charge in [0.15, 0.2) is 28.9 Å². The Labute approximate surface area is 235 Å². The number of carbonyl (C=O) groups excluding carboxylic acids is 4. The number of hydrogen-bond acceptors (Lipinski definition) is 11. The maximum absolute atomic E-state index is 12.2. The van der Waals surface area contributed by atoms with Crippen LogP contribution in [0.4, 0.5) is 0 Å². The summed E-state index contributed by atoms with van der Waals surface area (Å²) in [4.78, 5) is 52.7. The highest BCUT2D eigenvalue weighted by atomic mass is 32.2. The molecule has 212 valence electrons. The molecule has 1 aliphatic rings. The second-order valence-electron chi connectivity index (χ2n) is 9.14. The number of fused-ring (bicyclic) bond motifs is 1. The standard InChI is InChI=1S/C28H30N2O9S/c1-16(31)35-15-23-24(36-17(2)32)25(37-18(3)33)26(38-19(4)34)27(39-23)40-28-29-21-12-8-9-13-22(21)30(28)14-20-10-6-5-7-11-20/h5-13,23-27H,14-15H2,1-4H3. The van der Waals surface area contributed by atoms with Crippen LogP contribution in [-0.4, -0.2) is 69.9 Å². The fourth-order valence-corrected chi connectivity index (χ4v) is 5.64. The molecule has 1 fully saturated rings. The second kappa shape index (κ2) is 13.0. The van der Waals surface area contributed by atoms with Crippen molar-refractivity contribution in [2.24, 2.45) is 0 Å². The normalized spacial score (nSPS) is 22.4. The van der Waals surface area contributed by atoms with E-state index in [1.165, 1.54) is 27.7 Å². The number of thioether (sulfide) groups is 1. The first-order valence-corrected chi connectivity index (χ1v) is 13.5. The Kier molecular flexibility index (Phi) is 9.43. The van der Waals surface area contributed by atoms with Crippen LogP contribution in [-0.2, 0) is 49.4 Å². The maximum Gasteiger partial charge on any atom is 0.303 e. The summed E-state index contributed by atoms with van der Waals surface area (Å²) in [5.41, 5.74) is 1.67. The highest BCUT2D eigenvalue weighted by molar-refractivity contribution is 7.99. The molecule has 2 heterocycles. The number of hydrogen-bond donors (Lipinski definition) is 0. The van der Waals surface area contributed by atoms with Gasteiger partial charge in [-0.05, 0) is 17.7 Å². The van der Waals surface area contributed by atoms with Gasteiger partial charge >= 0.3 is 23.9 Å². The highest BCUT2D eigenvalue weighted by Gasteiger charge is 2.52. The zero-order chi connectivity index (χ0) is 28.8. The Bertz CT molecular complexity index is 1380. The fourth-order valence-electron chi connectivity index (χ4n) is 4.45. The second-order valence-corrected chi connectivity index (χ2v) is 10.2. The van der Waals surface area contributed by atoms with Gasteiger partial charge in [-0.1, -0.05) is 54.2 Å². The Balaban J connectivity index is 1.76. The summed E-state index contributed by atoms with van der Waals surface area (Å²) in [6.45, 7) is 5.01. The topological polar surface area (TPSA) is 132 Å². The summed E-state index contributed by atoms with van der Waals surface area (Å²) in [5.74, 6) is -2.61. The van der Waals surface area contributed by atoms with Crippen molar-refractivity contribution in [2.75, 3.05) is 6.61 Å². The van der Waals surface area contributed by atoms with Crippen LogP contribution in [0.2, 0.25) is 0 Å². The third kappa shape index (κ3) is 7.19. The van der Waals surface area contributed by atoms with E-state index in [9.17, 15) is 19.2 Å². The fraction of sp³-hybridized carbons (Fsp3) is 0.393. The lowest BCUT2D eigenvalue weighted by Gasteiger charge is -2.44. The lowest BCUT2D eigenvalue weighted by molar-refractivity contribution is -0.237. The van der Waals surface area contributed by atoms with E-state index in [0.29, 0.717) is 11.7 Å². The monoisotopic (exact) mass is 570 g/mol. The van der Waals surface area contributed by atoms with Gasteiger partial charge in [-0.2, -0.15) is 0 Å². The Morgan fingerprint density at radius 3 is 2.05 bits per heavy atom. The SMILES string of the molecule is CC(=O)OCC1OC(Sc2nc3ccccc3n2Cc2ccccc2)C(OC(C)=O)C(OC(C)=O)C1OC(C)=O. The molecule has 0 aliphatic carbocycles. The van der Waals surface area contributed by atoms with Gasteiger partial charge in [0.2, 0.25) is 0 Å². The van der Waals surface area contributed by atoms with Crippen molar-refractivity contribution in [3.8, 4) is 0 Å². The molecule has 5 unspecified atom stereocenters. The molecule has 4 rings (SSSR count). The number of nitrogens with zero attached hydrogens (tertiary/aromatic N) is 2. The Morgan fingerprint density at radius 2 is 1.40 bits per heavy atom. The quantitative estimate of drug-likeness (QED) is 0.277. The molecular weight excluding hydrogens is 540 g/mol. The van der Waals surface area contributed by atoms with Gasteiger partial charge in [0.05, 0.1) is 17.6 Å². The maximum atomic E-state index is 12.2. The molecule has 0 amide bonds. The molecule has 3 aromatic rings. The minimum atomic E-state index is -1.25. The first kappa shape index (κ1) is 29.1. The van der Waals surface area contributed by atoms with E-state index in [0.717, 1.165) is 28.4 Å². The summed E-state index contributed by atoms with van der Waals surface area (Å²) in [6, 6.07) is 17.4. The molecule has 2 aromatic carbocycles. The Hall–Kier alpha value is -3.90. The summed E-state index contributed by atoms with van der Waals surface area (Å²) < 4.78 is 30.1.